The molecule has 0 bridgehead atoms. The lowest BCUT2D eigenvalue weighted by molar-refractivity contribution is 0.133. The van der Waals surface area contributed by atoms with Gasteiger partial charge in [0.1, 0.15) is 17.5 Å². The Balaban J connectivity index is 1.08. The molecular weight excluding hydrogens is 628 g/mol. The number of carbonyl (C=O) groups excluding carboxylic acids is 1. The lowest BCUT2D eigenvalue weighted by Crippen LogP contribution is -2.41. The summed E-state index contributed by atoms with van der Waals surface area (Å²) in [4.78, 5) is 31.6. The first-order chi connectivity index (χ1) is 24.4. The van der Waals surface area contributed by atoms with Gasteiger partial charge in [-0.1, -0.05) is 43.7 Å². The van der Waals surface area contributed by atoms with E-state index in [4.69, 9.17) is 9.72 Å². The van der Waals surface area contributed by atoms with Crippen molar-refractivity contribution in [2.45, 2.75) is 70.9 Å². The Bertz CT molecular complexity index is 1720. The Kier molecular flexibility index (Phi) is 11.6. The molecule has 1 spiro atoms. The van der Waals surface area contributed by atoms with Crippen LogP contribution in [0.25, 0.3) is 11.1 Å². The van der Waals surface area contributed by atoms with Crippen LogP contribution in [0.1, 0.15) is 69.4 Å². The molecule has 0 saturated carbocycles. The number of rotatable bonds is 14. The first-order valence-corrected chi connectivity index (χ1v) is 17.9. The van der Waals surface area contributed by atoms with Crippen molar-refractivity contribution >= 4 is 23.6 Å². The number of nitriles is 1. The van der Waals surface area contributed by atoms with E-state index in [1.807, 2.05) is 55.7 Å². The number of pyridine rings is 1. The van der Waals surface area contributed by atoms with Crippen molar-refractivity contribution in [2.24, 2.45) is 12.5 Å². The molecular formula is C38H48N10O2. The quantitative estimate of drug-likeness (QED) is 0.147. The van der Waals surface area contributed by atoms with Crippen LogP contribution in [-0.2, 0) is 18.3 Å². The largest absolute Gasteiger partial charge is 0.381 e. The second-order valence-electron chi connectivity index (χ2n) is 13.6. The summed E-state index contributed by atoms with van der Waals surface area (Å²) < 4.78 is 7.47. The molecule has 0 radical (unpaired) electrons. The number of anilines is 3. The Labute approximate surface area is 294 Å². The van der Waals surface area contributed by atoms with Gasteiger partial charge in [0.15, 0.2) is 5.82 Å². The summed E-state index contributed by atoms with van der Waals surface area (Å²) in [6.45, 7) is 6.55. The van der Waals surface area contributed by atoms with Crippen LogP contribution in [0.3, 0.4) is 0 Å². The first kappa shape index (κ1) is 34.8. The van der Waals surface area contributed by atoms with Gasteiger partial charge in [-0.3, -0.25) is 9.58 Å². The zero-order valence-corrected chi connectivity index (χ0v) is 29.2. The normalized spacial score (nSPS) is 15.8. The predicted molar refractivity (Wildman–Crippen MR) is 195 cm³/mol. The van der Waals surface area contributed by atoms with Crippen molar-refractivity contribution in [1.82, 2.24) is 30.0 Å². The number of unbranched alkanes of at least 4 members (excludes halogenated alkanes) is 1. The highest BCUT2D eigenvalue weighted by Crippen LogP contribution is 2.40. The second kappa shape index (κ2) is 16.6. The number of hydrogen-bond donors (Lipinski definition) is 2. The van der Waals surface area contributed by atoms with Crippen LogP contribution in [0.2, 0.25) is 0 Å². The van der Waals surface area contributed by atoms with Gasteiger partial charge in [-0.2, -0.15) is 15.3 Å². The average Bonchev–Trinajstić information content (AvgIpc) is 3.80. The molecule has 4 aromatic rings. The van der Waals surface area contributed by atoms with E-state index in [2.05, 4.69) is 43.6 Å². The number of amides is 2. The molecule has 12 heteroatoms. The third-order valence-electron chi connectivity index (χ3n) is 9.95. The number of nitrogens with one attached hydrogen (secondary N) is 2. The number of aromatic nitrogens is 5. The summed E-state index contributed by atoms with van der Waals surface area (Å²) in [6.07, 6.45) is 15.0. The van der Waals surface area contributed by atoms with E-state index < -0.39 is 0 Å². The molecule has 1 aromatic carbocycles. The molecule has 12 nitrogen and oxygen atoms in total. The zero-order chi connectivity index (χ0) is 34.8. The maximum Gasteiger partial charge on any atom is 0.323 e. The molecule has 2 amide bonds. The van der Waals surface area contributed by atoms with Gasteiger partial charge < -0.3 is 20.3 Å². The number of aryl methyl sites for hydroxylation is 1. The molecule has 0 aliphatic carbocycles. The Morgan fingerprint density at radius 3 is 2.56 bits per heavy atom. The zero-order valence-electron chi connectivity index (χ0n) is 29.2. The molecule has 50 heavy (non-hydrogen) atoms. The van der Waals surface area contributed by atoms with Crippen molar-refractivity contribution in [2.75, 3.05) is 48.0 Å². The number of piperidine rings is 1. The molecule has 1 unspecified atom stereocenters. The van der Waals surface area contributed by atoms with Gasteiger partial charge in [0.25, 0.3) is 0 Å². The van der Waals surface area contributed by atoms with Crippen LogP contribution >= 0.6 is 0 Å². The summed E-state index contributed by atoms with van der Waals surface area (Å²) in [6, 6.07) is 16.1. The number of hydrogen-bond acceptors (Lipinski definition) is 9. The molecule has 2 aliphatic heterocycles. The molecule has 3 aromatic heterocycles. The molecule has 2 saturated heterocycles. The van der Waals surface area contributed by atoms with Crippen molar-refractivity contribution in [3.8, 4) is 17.2 Å². The minimum atomic E-state index is -0.179. The van der Waals surface area contributed by atoms with E-state index in [9.17, 15) is 10.1 Å². The van der Waals surface area contributed by atoms with Crippen LogP contribution in [0.15, 0.2) is 67.3 Å². The highest BCUT2D eigenvalue weighted by molar-refractivity contribution is 5.91. The van der Waals surface area contributed by atoms with Crippen LogP contribution < -0.4 is 20.4 Å². The predicted octanol–water partition coefficient (Wildman–Crippen LogP) is 6.32. The summed E-state index contributed by atoms with van der Waals surface area (Å²) in [7, 11) is 1.88. The van der Waals surface area contributed by atoms with Gasteiger partial charge in [0, 0.05) is 69.4 Å². The molecule has 6 rings (SSSR count). The van der Waals surface area contributed by atoms with E-state index >= 15 is 0 Å². The number of nitrogens with zero attached hydrogens (tertiary/aromatic N) is 8. The number of urea groups is 1. The average molecular weight is 677 g/mol. The highest BCUT2D eigenvalue weighted by Gasteiger charge is 2.38. The van der Waals surface area contributed by atoms with E-state index in [1.165, 1.54) is 0 Å². The SMILES string of the molecule is CCCC(CCCCN(C(=O)NCc1ccccc1)c1ccc(-c2cnn(C)c2)cn1)Nc1ncc(C#N)c(N2CCC3(CCOC3)CC2)n1. The van der Waals surface area contributed by atoms with Gasteiger partial charge in [0.05, 0.1) is 19.0 Å². The minimum Gasteiger partial charge on any atom is -0.381 e. The van der Waals surface area contributed by atoms with Crippen LogP contribution in [0.4, 0.5) is 22.4 Å². The lowest BCUT2D eigenvalue weighted by Gasteiger charge is -2.39. The molecule has 2 fully saturated rings. The molecule has 2 aliphatic rings. The summed E-state index contributed by atoms with van der Waals surface area (Å²) in [5.74, 6) is 1.88. The van der Waals surface area contributed by atoms with E-state index in [0.29, 0.717) is 36.2 Å². The van der Waals surface area contributed by atoms with Crippen molar-refractivity contribution in [3.05, 3.63) is 78.4 Å². The summed E-state index contributed by atoms with van der Waals surface area (Å²) in [5, 5.41) is 20.8. The third-order valence-corrected chi connectivity index (χ3v) is 9.95. The smallest absolute Gasteiger partial charge is 0.323 e. The summed E-state index contributed by atoms with van der Waals surface area (Å²) >= 11 is 0. The molecule has 262 valence electrons. The standard InChI is InChI=1S/C38H48N10O2/c1-3-9-33(44-36-41-25-31(22-39)35(45-36)47-19-15-38(16-20-47)17-21-50-28-38)12-7-8-18-48(37(49)42-23-29-10-5-4-6-11-29)34-14-13-30(24-40-34)32-26-43-46(2)27-32/h4-6,10-11,13-14,24-27,33H,3,7-9,12,15-21,23,28H2,1-2H3,(H,42,49)(H,41,44,45). The number of benzene rings is 1. The topological polar surface area (TPSA) is 137 Å². The maximum atomic E-state index is 13.5. The van der Waals surface area contributed by atoms with Gasteiger partial charge in [-0.15, -0.1) is 0 Å². The Morgan fingerprint density at radius 2 is 1.88 bits per heavy atom. The van der Waals surface area contributed by atoms with Crippen molar-refractivity contribution < 1.29 is 9.53 Å². The first-order valence-electron chi connectivity index (χ1n) is 17.9. The number of carbonyl (C=O) groups is 1. The number of ether oxygens (including phenoxy) is 1. The monoisotopic (exact) mass is 676 g/mol. The van der Waals surface area contributed by atoms with Crippen LogP contribution in [-0.4, -0.2) is 69.7 Å². The second-order valence-corrected chi connectivity index (χ2v) is 13.6. The van der Waals surface area contributed by atoms with Crippen LogP contribution in [0.5, 0.6) is 0 Å². The van der Waals surface area contributed by atoms with E-state index in [0.717, 1.165) is 94.4 Å². The van der Waals surface area contributed by atoms with Gasteiger partial charge >= 0.3 is 6.03 Å². The highest BCUT2D eigenvalue weighted by atomic mass is 16.5. The van der Waals surface area contributed by atoms with Crippen molar-refractivity contribution in [3.63, 3.8) is 0 Å². The maximum absolute atomic E-state index is 13.5. The lowest BCUT2D eigenvalue weighted by atomic mass is 9.78. The Hall–Kier alpha value is -5.02. The third kappa shape index (κ3) is 8.76. The van der Waals surface area contributed by atoms with Crippen molar-refractivity contribution in [1.29, 1.82) is 5.26 Å². The fraction of sp³-hybridized carbons (Fsp3) is 0.474. The van der Waals surface area contributed by atoms with E-state index in [-0.39, 0.29) is 17.5 Å². The van der Waals surface area contributed by atoms with Gasteiger partial charge in [0.2, 0.25) is 5.95 Å². The van der Waals surface area contributed by atoms with E-state index in [1.54, 1.807) is 28.2 Å². The minimum absolute atomic E-state index is 0.165. The Morgan fingerprint density at radius 1 is 1.04 bits per heavy atom. The van der Waals surface area contributed by atoms with Crippen LogP contribution in [0, 0.1) is 16.7 Å². The fourth-order valence-corrected chi connectivity index (χ4v) is 6.96. The molecule has 2 N–H and O–H groups in total. The fourth-order valence-electron chi connectivity index (χ4n) is 6.96. The van der Waals surface area contributed by atoms with Gasteiger partial charge in [-0.05, 0) is 68.1 Å². The summed E-state index contributed by atoms with van der Waals surface area (Å²) in [5.41, 5.74) is 3.74. The molecule has 5 heterocycles. The van der Waals surface area contributed by atoms with Gasteiger partial charge in [-0.25, -0.2) is 14.8 Å². The molecule has 1 atom stereocenters.